The quantitative estimate of drug-likeness (QED) is 0.822. The zero-order chi connectivity index (χ0) is 13.0. The van der Waals surface area contributed by atoms with E-state index in [0.29, 0.717) is 6.54 Å². The average molecular weight is 239 g/mol. The Hall–Kier alpha value is -2.08. The van der Waals surface area contributed by atoms with E-state index in [2.05, 4.69) is 35.0 Å². The van der Waals surface area contributed by atoms with Crippen LogP contribution in [0.15, 0.2) is 36.5 Å². The third kappa shape index (κ3) is 2.43. The maximum atomic E-state index is 8.94. The molecule has 0 aliphatic heterocycles. The first-order chi connectivity index (χ1) is 8.76. The summed E-state index contributed by atoms with van der Waals surface area (Å²) in [5.41, 5.74) is 0. The van der Waals surface area contributed by atoms with Crippen molar-refractivity contribution in [2.75, 3.05) is 18.0 Å². The SMILES string of the molecule is CCN(CC(C)C#N)c1nccc2ccccc12. The summed E-state index contributed by atoms with van der Waals surface area (Å²) in [4.78, 5) is 6.64. The minimum Gasteiger partial charge on any atom is -0.355 e. The second-order valence-corrected chi connectivity index (χ2v) is 4.42. The van der Waals surface area contributed by atoms with Crippen LogP contribution >= 0.6 is 0 Å². The van der Waals surface area contributed by atoms with Gasteiger partial charge in [0.1, 0.15) is 5.82 Å². The molecule has 0 N–H and O–H groups in total. The molecule has 0 aliphatic carbocycles. The van der Waals surface area contributed by atoms with E-state index in [9.17, 15) is 0 Å². The molecule has 0 radical (unpaired) electrons. The topological polar surface area (TPSA) is 39.9 Å². The molecule has 3 nitrogen and oxygen atoms in total. The fourth-order valence-electron chi connectivity index (χ4n) is 2.09. The van der Waals surface area contributed by atoms with Gasteiger partial charge in [-0.25, -0.2) is 4.98 Å². The highest BCUT2D eigenvalue weighted by molar-refractivity contribution is 5.92. The van der Waals surface area contributed by atoms with E-state index in [1.165, 1.54) is 5.39 Å². The predicted octanol–water partition coefficient (Wildman–Crippen LogP) is 3.22. The van der Waals surface area contributed by atoms with Gasteiger partial charge in [0, 0.05) is 24.7 Å². The Kier molecular flexibility index (Phi) is 3.78. The van der Waals surface area contributed by atoms with E-state index in [1.807, 2.05) is 31.3 Å². The molecular weight excluding hydrogens is 222 g/mol. The predicted molar refractivity (Wildman–Crippen MR) is 74.4 cm³/mol. The number of pyridine rings is 1. The highest BCUT2D eigenvalue weighted by atomic mass is 15.2. The summed E-state index contributed by atoms with van der Waals surface area (Å²) in [5, 5.41) is 11.3. The molecule has 0 saturated heterocycles. The van der Waals surface area contributed by atoms with Gasteiger partial charge in [-0.2, -0.15) is 5.26 Å². The van der Waals surface area contributed by atoms with Crippen LogP contribution in [0.5, 0.6) is 0 Å². The van der Waals surface area contributed by atoms with Gasteiger partial charge in [-0.1, -0.05) is 24.3 Å². The van der Waals surface area contributed by atoms with E-state index in [4.69, 9.17) is 5.26 Å². The van der Waals surface area contributed by atoms with Gasteiger partial charge in [0.2, 0.25) is 0 Å². The van der Waals surface area contributed by atoms with E-state index in [-0.39, 0.29) is 5.92 Å². The molecule has 0 amide bonds. The number of fused-ring (bicyclic) bond motifs is 1. The van der Waals surface area contributed by atoms with Gasteiger partial charge in [-0.3, -0.25) is 0 Å². The van der Waals surface area contributed by atoms with Gasteiger partial charge in [0.15, 0.2) is 0 Å². The lowest BCUT2D eigenvalue weighted by molar-refractivity contribution is 0.681. The van der Waals surface area contributed by atoms with Crippen molar-refractivity contribution >= 4 is 16.6 Å². The van der Waals surface area contributed by atoms with Crippen molar-refractivity contribution in [1.29, 1.82) is 5.26 Å². The van der Waals surface area contributed by atoms with Crippen LogP contribution < -0.4 is 4.90 Å². The monoisotopic (exact) mass is 239 g/mol. The Bertz CT molecular complexity index is 566. The normalized spacial score (nSPS) is 12.1. The average Bonchev–Trinajstić information content (AvgIpc) is 2.44. The summed E-state index contributed by atoms with van der Waals surface area (Å²) in [6, 6.07) is 12.5. The van der Waals surface area contributed by atoms with Crippen molar-refractivity contribution in [3.63, 3.8) is 0 Å². The summed E-state index contributed by atoms with van der Waals surface area (Å²) in [5.74, 6) is 0.975. The number of aromatic nitrogens is 1. The van der Waals surface area contributed by atoms with Crippen molar-refractivity contribution in [3.8, 4) is 6.07 Å². The molecular formula is C15H17N3. The van der Waals surface area contributed by atoms with E-state index >= 15 is 0 Å². The van der Waals surface area contributed by atoms with Crippen LogP contribution in [0.25, 0.3) is 10.8 Å². The third-order valence-corrected chi connectivity index (χ3v) is 3.05. The van der Waals surface area contributed by atoms with Gasteiger partial charge in [0.05, 0.1) is 12.0 Å². The molecule has 2 rings (SSSR count). The van der Waals surface area contributed by atoms with Crippen molar-refractivity contribution < 1.29 is 0 Å². The maximum Gasteiger partial charge on any atom is 0.136 e. The molecule has 0 aliphatic rings. The molecule has 0 spiro atoms. The number of anilines is 1. The lowest BCUT2D eigenvalue weighted by atomic mass is 10.1. The van der Waals surface area contributed by atoms with Crippen molar-refractivity contribution in [3.05, 3.63) is 36.5 Å². The zero-order valence-corrected chi connectivity index (χ0v) is 10.8. The summed E-state index contributed by atoms with van der Waals surface area (Å²) in [6.07, 6.45) is 1.83. The van der Waals surface area contributed by atoms with E-state index < -0.39 is 0 Å². The smallest absolute Gasteiger partial charge is 0.136 e. The molecule has 3 heteroatoms. The first-order valence-corrected chi connectivity index (χ1v) is 6.24. The van der Waals surface area contributed by atoms with Gasteiger partial charge < -0.3 is 4.90 Å². The van der Waals surface area contributed by atoms with Gasteiger partial charge >= 0.3 is 0 Å². The Balaban J connectivity index is 2.42. The largest absolute Gasteiger partial charge is 0.355 e. The van der Waals surface area contributed by atoms with Gasteiger partial charge in [-0.05, 0) is 25.3 Å². The maximum absolute atomic E-state index is 8.94. The molecule has 1 unspecified atom stereocenters. The summed E-state index contributed by atoms with van der Waals surface area (Å²) in [7, 11) is 0. The van der Waals surface area contributed by atoms with Gasteiger partial charge in [-0.15, -0.1) is 0 Å². The van der Waals surface area contributed by atoms with Crippen molar-refractivity contribution in [2.24, 2.45) is 5.92 Å². The van der Waals surface area contributed by atoms with Crippen LogP contribution in [0.1, 0.15) is 13.8 Å². The second-order valence-electron chi connectivity index (χ2n) is 4.42. The lowest BCUT2D eigenvalue weighted by Crippen LogP contribution is -2.28. The molecule has 18 heavy (non-hydrogen) atoms. The first kappa shape index (κ1) is 12.4. The molecule has 2 aromatic rings. The van der Waals surface area contributed by atoms with Crippen LogP contribution in [-0.4, -0.2) is 18.1 Å². The van der Waals surface area contributed by atoms with Crippen LogP contribution in [0.2, 0.25) is 0 Å². The van der Waals surface area contributed by atoms with Crippen LogP contribution in [0, 0.1) is 17.2 Å². The number of nitrogens with zero attached hydrogens (tertiary/aromatic N) is 3. The molecule has 0 fully saturated rings. The Morgan fingerprint density at radius 2 is 2.11 bits per heavy atom. The fourth-order valence-corrected chi connectivity index (χ4v) is 2.09. The van der Waals surface area contributed by atoms with Gasteiger partial charge in [0.25, 0.3) is 0 Å². The summed E-state index contributed by atoms with van der Waals surface area (Å²) >= 11 is 0. The van der Waals surface area contributed by atoms with Crippen LogP contribution in [-0.2, 0) is 0 Å². The van der Waals surface area contributed by atoms with E-state index in [1.54, 1.807) is 0 Å². The van der Waals surface area contributed by atoms with Crippen molar-refractivity contribution in [1.82, 2.24) is 4.98 Å². The fraction of sp³-hybridized carbons (Fsp3) is 0.333. The molecule has 1 heterocycles. The van der Waals surface area contributed by atoms with Crippen LogP contribution in [0.3, 0.4) is 0 Å². The molecule has 1 atom stereocenters. The van der Waals surface area contributed by atoms with Crippen molar-refractivity contribution in [2.45, 2.75) is 13.8 Å². The Morgan fingerprint density at radius 3 is 2.83 bits per heavy atom. The first-order valence-electron chi connectivity index (χ1n) is 6.24. The second kappa shape index (κ2) is 5.50. The number of nitriles is 1. The number of hydrogen-bond acceptors (Lipinski definition) is 3. The Labute approximate surface area is 108 Å². The lowest BCUT2D eigenvalue weighted by Gasteiger charge is -2.24. The summed E-state index contributed by atoms with van der Waals surface area (Å²) in [6.45, 7) is 5.60. The minimum absolute atomic E-state index is 0.00529. The number of benzene rings is 1. The Morgan fingerprint density at radius 1 is 1.33 bits per heavy atom. The molecule has 1 aromatic carbocycles. The highest BCUT2D eigenvalue weighted by Crippen LogP contribution is 2.24. The zero-order valence-electron chi connectivity index (χ0n) is 10.8. The number of rotatable bonds is 4. The highest BCUT2D eigenvalue weighted by Gasteiger charge is 2.12. The third-order valence-electron chi connectivity index (χ3n) is 3.05. The standard InChI is InChI=1S/C15H17N3/c1-3-18(11-12(2)10-16)15-14-7-5-4-6-13(14)8-9-17-15/h4-9,12H,3,11H2,1-2H3. The molecule has 0 bridgehead atoms. The van der Waals surface area contributed by atoms with Crippen LogP contribution in [0.4, 0.5) is 5.82 Å². The van der Waals surface area contributed by atoms with E-state index in [0.717, 1.165) is 17.7 Å². The molecule has 0 saturated carbocycles. The molecule has 92 valence electrons. The minimum atomic E-state index is 0.00529. The molecule has 1 aromatic heterocycles. The number of hydrogen-bond donors (Lipinski definition) is 0. The summed E-state index contributed by atoms with van der Waals surface area (Å²) < 4.78 is 0.